The van der Waals surface area contributed by atoms with E-state index in [9.17, 15) is 9.59 Å². The van der Waals surface area contributed by atoms with Crippen LogP contribution in [0.2, 0.25) is 0 Å². The summed E-state index contributed by atoms with van der Waals surface area (Å²) in [6, 6.07) is -0.524. The van der Waals surface area contributed by atoms with Gasteiger partial charge >= 0.3 is 0 Å². The third-order valence-corrected chi connectivity index (χ3v) is 2.67. The molecule has 0 aromatic rings. The molecule has 2 amide bonds. The Hall–Kier alpha value is -1.10. The molecule has 0 heterocycles. The van der Waals surface area contributed by atoms with Gasteiger partial charge in [-0.3, -0.25) is 9.59 Å². The number of hydrogen-bond donors (Lipinski definition) is 2. The first-order chi connectivity index (χ1) is 7.43. The van der Waals surface area contributed by atoms with Crippen molar-refractivity contribution in [2.45, 2.75) is 33.2 Å². The molecule has 94 valence electrons. The largest absolute Gasteiger partial charge is 0.355 e. The van der Waals surface area contributed by atoms with E-state index >= 15 is 0 Å². The molecule has 0 spiro atoms. The highest BCUT2D eigenvalue weighted by Gasteiger charge is 2.23. The van der Waals surface area contributed by atoms with E-state index in [0.29, 0.717) is 6.54 Å². The minimum Gasteiger partial charge on any atom is -0.355 e. The second kappa shape index (κ2) is 7.22. The summed E-state index contributed by atoms with van der Waals surface area (Å²) in [7, 11) is 1.60. The summed E-state index contributed by atoms with van der Waals surface area (Å²) >= 11 is 0. The Kier molecular flexibility index (Phi) is 6.72. The highest BCUT2D eigenvalue weighted by Crippen LogP contribution is 2.07. The fraction of sp³-hybridized carbons (Fsp3) is 0.818. The number of hydrogen-bond acceptors (Lipinski definition) is 3. The lowest BCUT2D eigenvalue weighted by Crippen LogP contribution is -2.48. The minimum atomic E-state index is -0.524. The van der Waals surface area contributed by atoms with Crippen LogP contribution in [-0.4, -0.2) is 42.9 Å². The van der Waals surface area contributed by atoms with Crippen LogP contribution >= 0.6 is 0 Å². The average Bonchev–Trinajstić information content (AvgIpc) is 2.26. The van der Waals surface area contributed by atoms with E-state index in [4.69, 9.17) is 5.73 Å². The van der Waals surface area contributed by atoms with E-state index in [1.165, 1.54) is 4.90 Å². The van der Waals surface area contributed by atoms with E-state index in [-0.39, 0.29) is 24.3 Å². The molecule has 0 saturated heterocycles. The van der Waals surface area contributed by atoms with Gasteiger partial charge < -0.3 is 16.0 Å². The molecule has 0 bridgehead atoms. The molecule has 0 unspecified atom stereocenters. The number of nitrogens with one attached hydrogen (secondary N) is 1. The van der Waals surface area contributed by atoms with Crippen LogP contribution in [0.5, 0.6) is 0 Å². The second-order valence-corrected chi connectivity index (χ2v) is 4.06. The monoisotopic (exact) mass is 229 g/mol. The zero-order valence-electron chi connectivity index (χ0n) is 10.6. The van der Waals surface area contributed by atoms with Gasteiger partial charge in [-0.15, -0.1) is 0 Å². The molecule has 3 N–H and O–H groups in total. The lowest BCUT2D eigenvalue weighted by atomic mass is 9.99. The van der Waals surface area contributed by atoms with Gasteiger partial charge in [-0.1, -0.05) is 20.3 Å². The Morgan fingerprint density at radius 2 is 1.94 bits per heavy atom. The van der Waals surface area contributed by atoms with E-state index in [1.54, 1.807) is 7.05 Å². The van der Waals surface area contributed by atoms with Crippen molar-refractivity contribution in [3.8, 4) is 0 Å². The Labute approximate surface area is 97.4 Å². The van der Waals surface area contributed by atoms with Crippen LogP contribution in [0.3, 0.4) is 0 Å². The third kappa shape index (κ3) is 4.61. The number of amides is 2. The number of nitrogens with zero attached hydrogens (tertiary/aromatic N) is 1. The molecule has 0 aromatic carbocycles. The molecule has 0 aliphatic carbocycles. The molecule has 0 aliphatic rings. The van der Waals surface area contributed by atoms with Gasteiger partial charge in [0.25, 0.3) is 0 Å². The highest BCUT2D eigenvalue weighted by molar-refractivity contribution is 5.87. The van der Waals surface area contributed by atoms with E-state index in [0.717, 1.165) is 6.42 Å². The predicted molar refractivity (Wildman–Crippen MR) is 63.8 cm³/mol. The van der Waals surface area contributed by atoms with Gasteiger partial charge in [0.05, 0.1) is 12.6 Å². The predicted octanol–water partition coefficient (Wildman–Crippen LogP) is -0.0457. The Bertz CT molecular complexity index is 243. The lowest BCUT2D eigenvalue weighted by Gasteiger charge is -2.24. The van der Waals surface area contributed by atoms with Crippen LogP contribution in [0.25, 0.3) is 0 Å². The van der Waals surface area contributed by atoms with Crippen molar-refractivity contribution in [3.63, 3.8) is 0 Å². The summed E-state index contributed by atoms with van der Waals surface area (Å²) in [5, 5.41) is 2.64. The molecule has 16 heavy (non-hydrogen) atoms. The SMILES string of the molecule is CCNC(=O)CN(C)C(=O)[C@@H](N)[C@@H](C)CC. The Morgan fingerprint density at radius 3 is 2.38 bits per heavy atom. The van der Waals surface area contributed by atoms with Crippen LogP contribution in [0.15, 0.2) is 0 Å². The van der Waals surface area contributed by atoms with Crippen molar-refractivity contribution in [1.82, 2.24) is 10.2 Å². The lowest BCUT2D eigenvalue weighted by molar-refractivity contribution is -0.136. The molecule has 0 fully saturated rings. The Balaban J connectivity index is 4.22. The number of rotatable bonds is 6. The van der Waals surface area contributed by atoms with Crippen LogP contribution in [0.1, 0.15) is 27.2 Å². The maximum absolute atomic E-state index is 11.8. The molecular weight excluding hydrogens is 206 g/mol. The summed E-state index contributed by atoms with van der Waals surface area (Å²) in [4.78, 5) is 24.5. The van der Waals surface area contributed by atoms with Crippen LogP contribution in [0.4, 0.5) is 0 Å². The van der Waals surface area contributed by atoms with Gasteiger partial charge in [0.2, 0.25) is 11.8 Å². The highest BCUT2D eigenvalue weighted by atomic mass is 16.2. The van der Waals surface area contributed by atoms with E-state index in [2.05, 4.69) is 5.32 Å². The molecule has 5 nitrogen and oxygen atoms in total. The molecular formula is C11H23N3O2. The molecule has 0 radical (unpaired) electrons. The van der Waals surface area contributed by atoms with E-state index in [1.807, 2.05) is 20.8 Å². The molecule has 0 aliphatic heterocycles. The topological polar surface area (TPSA) is 75.4 Å². The van der Waals surface area contributed by atoms with Gasteiger partial charge in [0.1, 0.15) is 0 Å². The third-order valence-electron chi connectivity index (χ3n) is 2.67. The van der Waals surface area contributed by atoms with Crippen molar-refractivity contribution in [1.29, 1.82) is 0 Å². The summed E-state index contributed by atoms with van der Waals surface area (Å²) < 4.78 is 0. The van der Waals surface area contributed by atoms with Gasteiger partial charge in [-0.25, -0.2) is 0 Å². The van der Waals surface area contributed by atoms with Crippen LogP contribution < -0.4 is 11.1 Å². The fourth-order valence-corrected chi connectivity index (χ4v) is 1.30. The molecule has 0 saturated carbocycles. The summed E-state index contributed by atoms with van der Waals surface area (Å²) in [5.74, 6) is -0.209. The minimum absolute atomic E-state index is 0.0663. The maximum atomic E-state index is 11.8. The number of carbonyl (C=O) groups excluding carboxylic acids is 2. The zero-order valence-corrected chi connectivity index (χ0v) is 10.6. The first-order valence-electron chi connectivity index (χ1n) is 5.71. The molecule has 5 heteroatoms. The number of nitrogens with two attached hydrogens (primary N) is 1. The van der Waals surface area contributed by atoms with Gasteiger partial charge in [-0.05, 0) is 12.8 Å². The fourth-order valence-electron chi connectivity index (χ4n) is 1.30. The van der Waals surface area contributed by atoms with Gasteiger partial charge in [0.15, 0.2) is 0 Å². The van der Waals surface area contributed by atoms with Crippen molar-refractivity contribution >= 4 is 11.8 Å². The van der Waals surface area contributed by atoms with Crippen molar-refractivity contribution in [3.05, 3.63) is 0 Å². The van der Waals surface area contributed by atoms with Crippen molar-refractivity contribution in [2.24, 2.45) is 11.7 Å². The van der Waals surface area contributed by atoms with Crippen LogP contribution in [-0.2, 0) is 9.59 Å². The standard InChI is InChI=1S/C11H23N3O2/c1-5-8(3)10(12)11(16)14(4)7-9(15)13-6-2/h8,10H,5-7,12H2,1-4H3,(H,13,15)/t8-,10-/m0/s1. The summed E-state index contributed by atoms with van der Waals surface area (Å²) in [5.41, 5.74) is 5.80. The van der Waals surface area contributed by atoms with Crippen LogP contribution in [0, 0.1) is 5.92 Å². The summed E-state index contributed by atoms with van der Waals surface area (Å²) in [6.07, 6.45) is 0.849. The summed E-state index contributed by atoms with van der Waals surface area (Å²) in [6.45, 7) is 6.39. The number of carbonyl (C=O) groups is 2. The van der Waals surface area contributed by atoms with Gasteiger partial charge in [-0.2, -0.15) is 0 Å². The first kappa shape index (κ1) is 14.9. The first-order valence-corrected chi connectivity index (χ1v) is 5.71. The molecule has 0 rings (SSSR count). The Morgan fingerprint density at radius 1 is 1.38 bits per heavy atom. The van der Waals surface area contributed by atoms with Crippen molar-refractivity contribution < 1.29 is 9.59 Å². The maximum Gasteiger partial charge on any atom is 0.239 e. The smallest absolute Gasteiger partial charge is 0.239 e. The average molecular weight is 229 g/mol. The molecule has 2 atom stereocenters. The molecule has 0 aromatic heterocycles. The zero-order chi connectivity index (χ0) is 12.7. The number of likely N-dealkylation sites (N-methyl/N-ethyl adjacent to an activating group) is 2. The van der Waals surface area contributed by atoms with Gasteiger partial charge in [0, 0.05) is 13.6 Å². The quantitative estimate of drug-likeness (QED) is 0.671. The van der Waals surface area contributed by atoms with Crippen molar-refractivity contribution in [2.75, 3.05) is 20.1 Å². The second-order valence-electron chi connectivity index (χ2n) is 4.06. The van der Waals surface area contributed by atoms with E-state index < -0.39 is 6.04 Å². The normalized spacial score (nSPS) is 14.1.